The fraction of sp³-hybridized carbons (Fsp3) is 0.346. The second kappa shape index (κ2) is 9.59. The predicted octanol–water partition coefficient (Wildman–Crippen LogP) is 3.61. The van der Waals surface area contributed by atoms with Crippen molar-refractivity contribution in [2.24, 2.45) is 17.8 Å². The van der Waals surface area contributed by atoms with Crippen LogP contribution in [0.5, 0.6) is 0 Å². The maximum atomic E-state index is 12.9. The minimum Gasteiger partial charge on any atom is -0.452 e. The molecular formula is C26H26N2O6. The first-order valence-electron chi connectivity index (χ1n) is 11.3. The molecule has 3 amide bonds. The lowest BCUT2D eigenvalue weighted by molar-refractivity contribution is -0.122. The van der Waals surface area contributed by atoms with Crippen molar-refractivity contribution in [3.05, 3.63) is 59.7 Å². The van der Waals surface area contributed by atoms with Gasteiger partial charge in [-0.3, -0.25) is 24.1 Å². The molecule has 1 saturated carbocycles. The van der Waals surface area contributed by atoms with Gasteiger partial charge in [0, 0.05) is 11.3 Å². The van der Waals surface area contributed by atoms with Crippen LogP contribution in [0.25, 0.3) is 0 Å². The Morgan fingerprint density at radius 3 is 2.38 bits per heavy atom. The number of anilines is 2. The number of nitrogens with zero attached hydrogens (tertiary/aromatic N) is 1. The summed E-state index contributed by atoms with van der Waals surface area (Å²) in [4.78, 5) is 62.8. The van der Waals surface area contributed by atoms with Crippen LogP contribution in [0.1, 0.15) is 53.8 Å². The van der Waals surface area contributed by atoms with Crippen LogP contribution in [0.2, 0.25) is 0 Å². The van der Waals surface area contributed by atoms with Crippen LogP contribution in [0.15, 0.2) is 48.5 Å². The maximum absolute atomic E-state index is 12.9. The summed E-state index contributed by atoms with van der Waals surface area (Å²) in [5.74, 6) is -1.85. The third kappa shape index (κ3) is 4.76. The second-order valence-corrected chi connectivity index (χ2v) is 8.95. The van der Waals surface area contributed by atoms with Gasteiger partial charge in [-0.25, -0.2) is 4.79 Å². The van der Waals surface area contributed by atoms with Crippen LogP contribution < -0.4 is 10.2 Å². The van der Waals surface area contributed by atoms with E-state index >= 15 is 0 Å². The summed E-state index contributed by atoms with van der Waals surface area (Å²) >= 11 is 0. The van der Waals surface area contributed by atoms with E-state index in [2.05, 4.69) is 12.2 Å². The molecule has 2 aromatic carbocycles. The van der Waals surface area contributed by atoms with E-state index in [1.807, 2.05) is 0 Å². The predicted molar refractivity (Wildman–Crippen MR) is 124 cm³/mol. The molecule has 0 radical (unpaired) electrons. The molecule has 1 saturated heterocycles. The van der Waals surface area contributed by atoms with Gasteiger partial charge in [-0.05, 0) is 68.5 Å². The molecule has 4 rings (SSSR count). The number of fused-ring (bicyclic) bond motifs is 1. The number of carbonyl (C=O) groups excluding carboxylic acids is 5. The number of ketones is 1. The smallest absolute Gasteiger partial charge is 0.338 e. The van der Waals surface area contributed by atoms with E-state index in [9.17, 15) is 24.0 Å². The number of esters is 1. The Balaban J connectivity index is 1.35. The molecule has 1 N–H and O–H groups in total. The summed E-state index contributed by atoms with van der Waals surface area (Å²) < 4.78 is 5.07. The lowest BCUT2D eigenvalue weighted by Gasteiger charge is -2.25. The number of ether oxygens (including phenoxy) is 1. The zero-order valence-electron chi connectivity index (χ0n) is 19.1. The minimum absolute atomic E-state index is 0.128. The highest BCUT2D eigenvalue weighted by Gasteiger charge is 2.49. The molecule has 2 aliphatic rings. The Bertz CT molecular complexity index is 1160. The van der Waals surface area contributed by atoms with Crippen LogP contribution in [-0.4, -0.2) is 36.1 Å². The number of carbonyl (C=O) groups is 5. The zero-order valence-corrected chi connectivity index (χ0v) is 19.1. The van der Waals surface area contributed by atoms with Crippen molar-refractivity contribution in [2.45, 2.75) is 33.1 Å². The van der Waals surface area contributed by atoms with E-state index in [4.69, 9.17) is 4.74 Å². The Hall–Kier alpha value is -3.81. The normalized spacial score (nSPS) is 21.7. The topological polar surface area (TPSA) is 110 Å². The molecule has 0 unspecified atom stereocenters. The van der Waals surface area contributed by atoms with Gasteiger partial charge in [-0.2, -0.15) is 0 Å². The Morgan fingerprint density at radius 2 is 1.68 bits per heavy atom. The molecule has 176 valence electrons. The molecule has 1 aliphatic heterocycles. The van der Waals surface area contributed by atoms with Crippen LogP contribution in [0.4, 0.5) is 11.4 Å². The molecule has 2 fully saturated rings. The molecule has 1 heterocycles. The van der Waals surface area contributed by atoms with Gasteiger partial charge in [0.05, 0.1) is 23.1 Å². The molecule has 0 bridgehead atoms. The first kappa shape index (κ1) is 23.4. The highest BCUT2D eigenvalue weighted by Crippen LogP contribution is 2.42. The largest absolute Gasteiger partial charge is 0.452 e. The Labute approximate surface area is 197 Å². The number of hydrogen-bond acceptors (Lipinski definition) is 6. The molecular weight excluding hydrogens is 436 g/mol. The van der Waals surface area contributed by atoms with Crippen molar-refractivity contribution in [1.29, 1.82) is 0 Å². The van der Waals surface area contributed by atoms with Gasteiger partial charge in [0.15, 0.2) is 12.4 Å². The maximum Gasteiger partial charge on any atom is 0.338 e. The van der Waals surface area contributed by atoms with Crippen molar-refractivity contribution in [1.82, 2.24) is 0 Å². The molecule has 3 atom stereocenters. The summed E-state index contributed by atoms with van der Waals surface area (Å²) in [7, 11) is 0. The average Bonchev–Trinajstić information content (AvgIpc) is 3.07. The van der Waals surface area contributed by atoms with E-state index in [1.165, 1.54) is 24.0 Å². The number of amides is 3. The summed E-state index contributed by atoms with van der Waals surface area (Å²) in [5.41, 5.74) is 1.50. The number of rotatable bonds is 6. The fourth-order valence-electron chi connectivity index (χ4n) is 4.62. The second-order valence-electron chi connectivity index (χ2n) is 8.95. The minimum atomic E-state index is -0.708. The van der Waals surface area contributed by atoms with Crippen molar-refractivity contribution in [3.63, 3.8) is 0 Å². The van der Waals surface area contributed by atoms with E-state index in [-0.39, 0.29) is 35.0 Å². The third-order valence-corrected chi connectivity index (χ3v) is 6.44. The van der Waals surface area contributed by atoms with Crippen LogP contribution >= 0.6 is 0 Å². The molecule has 34 heavy (non-hydrogen) atoms. The molecule has 0 aromatic heterocycles. The van der Waals surface area contributed by atoms with Crippen LogP contribution in [-0.2, 0) is 19.1 Å². The third-order valence-electron chi connectivity index (χ3n) is 6.44. The summed E-state index contributed by atoms with van der Waals surface area (Å²) in [6.07, 6.45) is 2.38. The monoisotopic (exact) mass is 462 g/mol. The zero-order chi connectivity index (χ0) is 24.4. The number of Topliss-reactive ketones (excluding diaryl/α,β-unsaturated/α-hetero) is 1. The summed E-state index contributed by atoms with van der Waals surface area (Å²) in [6, 6.07) is 12.5. The fourth-order valence-corrected chi connectivity index (χ4v) is 4.62. The van der Waals surface area contributed by atoms with E-state index in [0.717, 1.165) is 19.3 Å². The first-order valence-corrected chi connectivity index (χ1v) is 11.3. The average molecular weight is 463 g/mol. The molecule has 2 aromatic rings. The van der Waals surface area contributed by atoms with Crippen molar-refractivity contribution in [2.75, 3.05) is 16.8 Å². The highest BCUT2D eigenvalue weighted by atomic mass is 16.5. The van der Waals surface area contributed by atoms with Crippen LogP contribution in [0.3, 0.4) is 0 Å². The Kier molecular flexibility index (Phi) is 6.58. The van der Waals surface area contributed by atoms with Gasteiger partial charge in [0.1, 0.15) is 0 Å². The standard InChI is InChI=1S/C26H26N2O6/c1-15-6-11-21-22(12-15)25(32)28(24(21)31)20-9-7-17(8-10-20)26(33)34-14-23(30)27-19-5-3-4-18(13-19)16(2)29/h3-5,7-10,13,15,21-22H,6,11-12,14H2,1-2H3,(H,27,30)/t15-,21-,22+/m1/s1. The number of benzene rings is 2. The lowest BCUT2D eigenvalue weighted by Crippen LogP contribution is -2.30. The molecule has 1 aliphatic carbocycles. The quantitative estimate of drug-likeness (QED) is 0.399. The Morgan fingerprint density at radius 1 is 0.971 bits per heavy atom. The van der Waals surface area contributed by atoms with Crippen molar-refractivity contribution >= 4 is 40.8 Å². The molecule has 8 heteroatoms. The summed E-state index contributed by atoms with van der Waals surface area (Å²) in [5, 5.41) is 2.58. The van der Waals surface area contributed by atoms with E-state index in [1.54, 1.807) is 36.4 Å². The van der Waals surface area contributed by atoms with E-state index < -0.39 is 18.5 Å². The number of hydrogen-bond donors (Lipinski definition) is 1. The van der Waals surface area contributed by atoms with Crippen LogP contribution in [0, 0.1) is 17.8 Å². The molecule has 0 spiro atoms. The van der Waals surface area contributed by atoms with Gasteiger partial charge in [0.25, 0.3) is 5.91 Å². The van der Waals surface area contributed by atoms with Crippen molar-refractivity contribution in [3.8, 4) is 0 Å². The van der Waals surface area contributed by atoms with Gasteiger partial charge < -0.3 is 10.1 Å². The molecule has 8 nitrogen and oxygen atoms in total. The van der Waals surface area contributed by atoms with Gasteiger partial charge in [-0.15, -0.1) is 0 Å². The lowest BCUT2D eigenvalue weighted by atomic mass is 9.76. The van der Waals surface area contributed by atoms with E-state index in [0.29, 0.717) is 22.9 Å². The van der Waals surface area contributed by atoms with Gasteiger partial charge in [-0.1, -0.05) is 19.1 Å². The summed E-state index contributed by atoms with van der Waals surface area (Å²) in [6.45, 7) is 3.02. The number of imide groups is 1. The van der Waals surface area contributed by atoms with Crippen molar-refractivity contribution < 1.29 is 28.7 Å². The van der Waals surface area contributed by atoms with Gasteiger partial charge in [0.2, 0.25) is 11.8 Å². The number of nitrogens with one attached hydrogen (secondary N) is 1. The SMILES string of the molecule is CC(=O)c1cccc(NC(=O)COC(=O)c2ccc(N3C(=O)[C@H]4C[C@H](C)CC[C@H]4C3=O)cc2)c1. The highest BCUT2D eigenvalue weighted by molar-refractivity contribution is 6.22. The first-order chi connectivity index (χ1) is 16.2. The van der Waals surface area contributed by atoms with Gasteiger partial charge >= 0.3 is 5.97 Å².